The van der Waals surface area contributed by atoms with Gasteiger partial charge in [-0.25, -0.2) is 8.78 Å². The second-order valence-electron chi connectivity index (χ2n) is 4.97. The zero-order chi connectivity index (χ0) is 10.9. The van der Waals surface area contributed by atoms with E-state index >= 15 is 0 Å². The fourth-order valence-electron chi connectivity index (χ4n) is 2.80. The van der Waals surface area contributed by atoms with Crippen LogP contribution in [-0.4, -0.2) is 44.0 Å². The van der Waals surface area contributed by atoms with Gasteiger partial charge < -0.3 is 10.2 Å². The molecule has 0 radical (unpaired) electrons. The Morgan fingerprint density at radius 3 is 2.67 bits per heavy atom. The van der Waals surface area contributed by atoms with Crippen molar-refractivity contribution in [3.63, 3.8) is 0 Å². The van der Waals surface area contributed by atoms with Gasteiger partial charge in [-0.1, -0.05) is 0 Å². The van der Waals surface area contributed by atoms with Crippen molar-refractivity contribution in [1.29, 1.82) is 0 Å². The van der Waals surface area contributed by atoms with Gasteiger partial charge in [0.15, 0.2) is 0 Å². The number of nitrogens with one attached hydrogen (secondary N) is 1. The third-order valence-corrected chi connectivity index (χ3v) is 3.77. The Morgan fingerprint density at radius 2 is 2.07 bits per heavy atom. The molecule has 4 heteroatoms. The monoisotopic (exact) mass is 218 g/mol. The molecular weight excluding hydrogens is 198 g/mol. The number of hydrogen-bond acceptors (Lipinski definition) is 2. The van der Waals surface area contributed by atoms with Gasteiger partial charge in [0, 0.05) is 24.9 Å². The summed E-state index contributed by atoms with van der Waals surface area (Å²) in [5, 5.41) is 3.04. The number of alkyl halides is 2. The van der Waals surface area contributed by atoms with Crippen LogP contribution in [0.1, 0.15) is 19.3 Å². The van der Waals surface area contributed by atoms with E-state index in [4.69, 9.17) is 0 Å². The molecule has 0 amide bonds. The Morgan fingerprint density at radius 1 is 1.27 bits per heavy atom. The lowest BCUT2D eigenvalue weighted by molar-refractivity contribution is -0.119. The van der Waals surface area contributed by atoms with Gasteiger partial charge in [-0.3, -0.25) is 0 Å². The van der Waals surface area contributed by atoms with E-state index in [1.54, 1.807) is 0 Å². The van der Waals surface area contributed by atoms with E-state index in [0.29, 0.717) is 25.9 Å². The van der Waals surface area contributed by atoms with Crippen LogP contribution in [-0.2, 0) is 0 Å². The molecule has 2 aliphatic heterocycles. The van der Waals surface area contributed by atoms with E-state index in [9.17, 15) is 8.78 Å². The first-order chi connectivity index (χ1) is 7.10. The minimum atomic E-state index is -2.47. The van der Waals surface area contributed by atoms with Crippen molar-refractivity contribution >= 4 is 0 Å². The van der Waals surface area contributed by atoms with E-state index in [1.165, 1.54) is 0 Å². The average Bonchev–Trinajstić information content (AvgIpc) is 2.71. The Labute approximate surface area is 90.0 Å². The van der Waals surface area contributed by atoms with Crippen LogP contribution in [0.3, 0.4) is 0 Å². The fourth-order valence-corrected chi connectivity index (χ4v) is 2.80. The van der Waals surface area contributed by atoms with E-state index < -0.39 is 17.8 Å². The van der Waals surface area contributed by atoms with Crippen molar-refractivity contribution in [2.45, 2.75) is 25.2 Å². The van der Waals surface area contributed by atoms with Crippen molar-refractivity contribution in [3.8, 4) is 0 Å². The Hall–Kier alpha value is -0.220. The molecule has 2 fully saturated rings. The van der Waals surface area contributed by atoms with Gasteiger partial charge in [0.2, 0.25) is 0 Å². The number of likely N-dealkylation sites (tertiary alicyclic amines) is 1. The number of halogens is 2. The molecule has 0 spiro atoms. The molecule has 1 N–H and O–H groups in total. The highest BCUT2D eigenvalue weighted by Gasteiger charge is 2.48. The van der Waals surface area contributed by atoms with Crippen molar-refractivity contribution in [1.82, 2.24) is 10.2 Å². The lowest BCUT2D eigenvalue weighted by Crippen LogP contribution is -2.46. The third-order valence-electron chi connectivity index (χ3n) is 3.77. The molecule has 88 valence electrons. The molecular formula is C11H20F2N2. The van der Waals surface area contributed by atoms with E-state index in [-0.39, 0.29) is 0 Å². The molecule has 2 rings (SSSR count). The lowest BCUT2D eigenvalue weighted by Gasteiger charge is -2.37. The number of piperidine rings is 1. The molecule has 2 heterocycles. The van der Waals surface area contributed by atoms with Crippen molar-refractivity contribution in [2.75, 3.05) is 33.2 Å². The number of hydrogen-bond donors (Lipinski definition) is 1. The average molecular weight is 218 g/mol. The maximum atomic E-state index is 14.1. The summed E-state index contributed by atoms with van der Waals surface area (Å²) < 4.78 is 28.2. The smallest absolute Gasteiger partial charge is 0.256 e. The zero-order valence-electron chi connectivity index (χ0n) is 9.31. The predicted octanol–water partition coefficient (Wildman–Crippen LogP) is 1.57. The highest BCUT2D eigenvalue weighted by molar-refractivity contribution is 4.91. The summed E-state index contributed by atoms with van der Waals surface area (Å²) in [7, 11) is 1.94. The van der Waals surface area contributed by atoms with Crippen LogP contribution in [0.15, 0.2) is 0 Å². The van der Waals surface area contributed by atoms with Gasteiger partial charge in [0.25, 0.3) is 5.92 Å². The molecule has 2 saturated heterocycles. The first kappa shape index (κ1) is 11.3. The summed E-state index contributed by atoms with van der Waals surface area (Å²) in [6.07, 6.45) is 2.23. The lowest BCUT2D eigenvalue weighted by atomic mass is 9.84. The van der Waals surface area contributed by atoms with Crippen LogP contribution in [0, 0.1) is 11.8 Å². The topological polar surface area (TPSA) is 15.3 Å². The largest absolute Gasteiger partial charge is 0.316 e. The maximum Gasteiger partial charge on any atom is 0.256 e. The Balaban J connectivity index is 1.99. The summed E-state index contributed by atoms with van der Waals surface area (Å²) in [5.74, 6) is -3.34. The summed E-state index contributed by atoms with van der Waals surface area (Å²) in [6.45, 7) is 2.77. The highest BCUT2D eigenvalue weighted by atomic mass is 19.3. The second-order valence-corrected chi connectivity index (χ2v) is 4.97. The van der Waals surface area contributed by atoms with Gasteiger partial charge in [-0.2, -0.15) is 0 Å². The first-order valence-corrected chi connectivity index (χ1v) is 5.88. The van der Waals surface area contributed by atoms with E-state index in [0.717, 1.165) is 19.5 Å². The van der Waals surface area contributed by atoms with Gasteiger partial charge in [0.05, 0.1) is 0 Å². The second kappa shape index (κ2) is 4.34. The highest BCUT2D eigenvalue weighted by Crippen LogP contribution is 2.40. The summed E-state index contributed by atoms with van der Waals surface area (Å²) in [5.41, 5.74) is 0. The summed E-state index contributed by atoms with van der Waals surface area (Å²) >= 11 is 0. The molecule has 0 aliphatic carbocycles. The normalized spacial score (nSPS) is 34.6. The predicted molar refractivity (Wildman–Crippen MR) is 56.1 cm³/mol. The fraction of sp³-hybridized carbons (Fsp3) is 1.00. The molecule has 2 nitrogen and oxygen atoms in total. The quantitative estimate of drug-likeness (QED) is 0.757. The summed E-state index contributed by atoms with van der Waals surface area (Å²) in [4.78, 5) is 2.03. The molecule has 0 aromatic heterocycles. The SMILES string of the molecule is CN1CCCC(C(F)(F)C2CCNC2)C1. The molecule has 0 bridgehead atoms. The molecule has 2 aliphatic rings. The minimum Gasteiger partial charge on any atom is -0.316 e. The minimum absolute atomic E-state index is 0.429. The van der Waals surface area contributed by atoms with Crippen LogP contribution in [0.4, 0.5) is 8.78 Å². The van der Waals surface area contributed by atoms with Crippen molar-refractivity contribution < 1.29 is 8.78 Å². The van der Waals surface area contributed by atoms with Crippen molar-refractivity contribution in [3.05, 3.63) is 0 Å². The third kappa shape index (κ3) is 2.31. The zero-order valence-corrected chi connectivity index (χ0v) is 9.31. The van der Waals surface area contributed by atoms with E-state index in [1.807, 2.05) is 11.9 Å². The standard InChI is InChI=1S/C11H20F2N2/c1-15-6-2-3-10(8-15)11(12,13)9-4-5-14-7-9/h9-10,14H,2-8H2,1H3. The molecule has 2 atom stereocenters. The molecule has 2 unspecified atom stereocenters. The molecule has 15 heavy (non-hydrogen) atoms. The molecule has 0 saturated carbocycles. The number of nitrogens with zero attached hydrogens (tertiary/aromatic N) is 1. The Bertz CT molecular complexity index is 215. The maximum absolute atomic E-state index is 14.1. The van der Waals surface area contributed by atoms with Gasteiger partial charge in [-0.05, 0) is 39.4 Å². The van der Waals surface area contributed by atoms with E-state index in [2.05, 4.69) is 5.32 Å². The van der Waals surface area contributed by atoms with Crippen LogP contribution in [0.25, 0.3) is 0 Å². The van der Waals surface area contributed by atoms with Gasteiger partial charge in [0.1, 0.15) is 0 Å². The van der Waals surface area contributed by atoms with Gasteiger partial charge >= 0.3 is 0 Å². The van der Waals surface area contributed by atoms with Crippen LogP contribution in [0.5, 0.6) is 0 Å². The van der Waals surface area contributed by atoms with Crippen LogP contribution >= 0.6 is 0 Å². The van der Waals surface area contributed by atoms with Crippen molar-refractivity contribution in [2.24, 2.45) is 11.8 Å². The van der Waals surface area contributed by atoms with Gasteiger partial charge in [-0.15, -0.1) is 0 Å². The first-order valence-electron chi connectivity index (χ1n) is 5.88. The number of rotatable bonds is 2. The summed E-state index contributed by atoms with van der Waals surface area (Å²) in [6, 6.07) is 0. The van der Waals surface area contributed by atoms with Crippen LogP contribution in [0.2, 0.25) is 0 Å². The molecule has 0 aromatic rings. The molecule has 0 aromatic carbocycles. The van der Waals surface area contributed by atoms with Crippen LogP contribution < -0.4 is 5.32 Å². The Kier molecular flexibility index (Phi) is 3.26.